The molecule has 9 heteroatoms. The maximum absolute atomic E-state index is 13.6. The monoisotopic (exact) mass is 518 g/mol. The summed E-state index contributed by atoms with van der Waals surface area (Å²) < 4.78 is 34.0. The fourth-order valence-electron chi connectivity index (χ4n) is 4.77. The van der Waals surface area contributed by atoms with Gasteiger partial charge in [-0.2, -0.15) is 9.57 Å². The van der Waals surface area contributed by atoms with Crippen molar-refractivity contribution in [2.45, 2.75) is 45.4 Å². The minimum absolute atomic E-state index is 0.0617. The SMILES string of the molecule is Cc1cc(C)c(/C=C/c2onc(C)c2S(=O)(=O)N2CCC(C(=O)Nc3ccc(C#N)cc3)CC2)c(C)c1. The highest BCUT2D eigenvalue weighted by Gasteiger charge is 2.36. The van der Waals surface area contributed by atoms with Gasteiger partial charge < -0.3 is 9.84 Å². The number of hydrogen-bond acceptors (Lipinski definition) is 6. The normalized spacial score (nSPS) is 15.1. The summed E-state index contributed by atoms with van der Waals surface area (Å²) in [6.07, 6.45) is 4.33. The fourth-order valence-corrected chi connectivity index (χ4v) is 6.49. The summed E-state index contributed by atoms with van der Waals surface area (Å²) in [5.74, 6) is -0.273. The molecule has 0 saturated carbocycles. The lowest BCUT2D eigenvalue weighted by Crippen LogP contribution is -2.41. The van der Waals surface area contributed by atoms with Crippen molar-refractivity contribution in [3.8, 4) is 6.07 Å². The summed E-state index contributed by atoms with van der Waals surface area (Å²) >= 11 is 0. The first-order chi connectivity index (χ1) is 17.6. The topological polar surface area (TPSA) is 116 Å². The molecule has 4 rings (SSSR count). The van der Waals surface area contributed by atoms with Crippen LogP contribution in [0.3, 0.4) is 0 Å². The first kappa shape index (κ1) is 26.3. The molecule has 0 aliphatic carbocycles. The highest BCUT2D eigenvalue weighted by Crippen LogP contribution is 2.30. The Morgan fingerprint density at radius 3 is 2.30 bits per heavy atom. The molecular weight excluding hydrogens is 488 g/mol. The fraction of sp³-hybridized carbons (Fsp3) is 0.321. The second-order valence-corrected chi connectivity index (χ2v) is 11.3. The van der Waals surface area contributed by atoms with E-state index in [-0.39, 0.29) is 35.6 Å². The van der Waals surface area contributed by atoms with Gasteiger partial charge in [0, 0.05) is 24.7 Å². The summed E-state index contributed by atoms with van der Waals surface area (Å²) in [6, 6.07) is 12.8. The van der Waals surface area contributed by atoms with Crippen LogP contribution in [0.25, 0.3) is 12.2 Å². The lowest BCUT2D eigenvalue weighted by atomic mass is 9.97. The number of nitrogens with one attached hydrogen (secondary N) is 1. The van der Waals surface area contributed by atoms with Crippen molar-refractivity contribution in [1.82, 2.24) is 9.46 Å². The molecule has 3 aromatic rings. The van der Waals surface area contributed by atoms with Crippen molar-refractivity contribution < 1.29 is 17.7 Å². The molecule has 2 aromatic carbocycles. The Kier molecular flexibility index (Phi) is 7.62. The Balaban J connectivity index is 1.47. The number of aromatic nitrogens is 1. The average molecular weight is 519 g/mol. The smallest absolute Gasteiger partial charge is 0.248 e. The van der Waals surface area contributed by atoms with E-state index in [1.807, 2.05) is 32.9 Å². The summed E-state index contributed by atoms with van der Waals surface area (Å²) in [5.41, 5.74) is 5.79. The van der Waals surface area contributed by atoms with Crippen molar-refractivity contribution in [1.29, 1.82) is 5.26 Å². The molecule has 8 nitrogen and oxygen atoms in total. The Bertz CT molecular complexity index is 1470. The van der Waals surface area contributed by atoms with E-state index < -0.39 is 10.0 Å². The molecular formula is C28H30N4O4S. The predicted molar refractivity (Wildman–Crippen MR) is 142 cm³/mol. The first-order valence-corrected chi connectivity index (χ1v) is 13.6. The lowest BCUT2D eigenvalue weighted by molar-refractivity contribution is -0.120. The Morgan fingerprint density at radius 1 is 1.08 bits per heavy atom. The van der Waals surface area contributed by atoms with E-state index in [1.54, 1.807) is 37.3 Å². The number of piperidine rings is 1. The van der Waals surface area contributed by atoms with Gasteiger partial charge in [-0.1, -0.05) is 28.9 Å². The van der Waals surface area contributed by atoms with Crippen LogP contribution in [0.15, 0.2) is 45.8 Å². The molecule has 192 valence electrons. The van der Waals surface area contributed by atoms with Crippen LogP contribution in [0, 0.1) is 44.9 Å². The van der Waals surface area contributed by atoms with E-state index in [1.165, 1.54) is 9.87 Å². The van der Waals surface area contributed by atoms with Crippen LogP contribution in [0.2, 0.25) is 0 Å². The molecule has 0 atom stereocenters. The molecule has 0 unspecified atom stereocenters. The van der Waals surface area contributed by atoms with Gasteiger partial charge in [0.05, 0.1) is 11.6 Å². The standard InChI is InChI=1S/C28H30N4O4S/c1-18-15-19(2)25(20(3)16-18)9-10-26-27(21(4)31-36-26)37(34,35)32-13-11-23(12-14-32)28(33)30-24-7-5-22(17-29)6-8-24/h5-10,15-16,23H,11-14H2,1-4H3,(H,30,33)/b10-9+. The van der Waals surface area contributed by atoms with Crippen molar-refractivity contribution in [2.24, 2.45) is 5.92 Å². The maximum Gasteiger partial charge on any atom is 0.248 e. The van der Waals surface area contributed by atoms with Gasteiger partial charge in [-0.05, 0) is 87.6 Å². The van der Waals surface area contributed by atoms with Gasteiger partial charge in [-0.15, -0.1) is 0 Å². The third-order valence-electron chi connectivity index (χ3n) is 6.68. The van der Waals surface area contributed by atoms with Crippen LogP contribution in [0.4, 0.5) is 5.69 Å². The Labute approximate surface area is 217 Å². The molecule has 1 aromatic heterocycles. The number of carbonyl (C=O) groups excluding carboxylic acids is 1. The van der Waals surface area contributed by atoms with Crippen LogP contribution < -0.4 is 5.32 Å². The van der Waals surface area contributed by atoms with Gasteiger partial charge in [-0.3, -0.25) is 4.79 Å². The van der Waals surface area contributed by atoms with Crippen molar-refractivity contribution in [3.05, 3.63) is 75.7 Å². The van der Waals surface area contributed by atoms with Crippen LogP contribution in [0.5, 0.6) is 0 Å². The molecule has 1 fully saturated rings. The summed E-state index contributed by atoms with van der Waals surface area (Å²) in [5, 5.41) is 15.7. The summed E-state index contributed by atoms with van der Waals surface area (Å²) in [7, 11) is -3.86. The second-order valence-electron chi connectivity index (χ2n) is 9.46. The predicted octanol–water partition coefficient (Wildman–Crippen LogP) is 4.99. The maximum atomic E-state index is 13.6. The number of nitrogens with zero attached hydrogens (tertiary/aromatic N) is 3. The molecule has 1 aliphatic heterocycles. The largest absolute Gasteiger partial charge is 0.355 e. The third-order valence-corrected chi connectivity index (χ3v) is 8.73. The van der Waals surface area contributed by atoms with Crippen LogP contribution in [-0.2, 0) is 14.8 Å². The molecule has 1 saturated heterocycles. The third kappa shape index (κ3) is 5.66. The summed E-state index contributed by atoms with van der Waals surface area (Å²) in [4.78, 5) is 12.8. The van der Waals surface area contributed by atoms with Gasteiger partial charge in [-0.25, -0.2) is 8.42 Å². The zero-order chi connectivity index (χ0) is 26.7. The number of hydrogen-bond donors (Lipinski definition) is 1. The number of aryl methyl sites for hydroxylation is 4. The van der Waals surface area contributed by atoms with E-state index in [2.05, 4.69) is 22.6 Å². The minimum Gasteiger partial charge on any atom is -0.355 e. The van der Waals surface area contributed by atoms with Crippen molar-refractivity contribution in [3.63, 3.8) is 0 Å². The molecule has 0 spiro atoms. The molecule has 0 bridgehead atoms. The number of benzene rings is 2. The van der Waals surface area contributed by atoms with E-state index >= 15 is 0 Å². The number of nitriles is 1. The molecule has 1 amide bonds. The highest BCUT2D eigenvalue weighted by atomic mass is 32.2. The van der Waals surface area contributed by atoms with Gasteiger partial charge in [0.15, 0.2) is 10.7 Å². The molecule has 1 aliphatic rings. The minimum atomic E-state index is -3.86. The average Bonchev–Trinajstić information content (AvgIpc) is 3.25. The Morgan fingerprint density at radius 2 is 1.70 bits per heavy atom. The van der Waals surface area contributed by atoms with Crippen LogP contribution >= 0.6 is 0 Å². The van der Waals surface area contributed by atoms with E-state index in [4.69, 9.17) is 9.78 Å². The van der Waals surface area contributed by atoms with E-state index in [0.29, 0.717) is 29.8 Å². The number of anilines is 1. The van der Waals surface area contributed by atoms with Crippen LogP contribution in [0.1, 0.15) is 52.1 Å². The second kappa shape index (κ2) is 10.7. The van der Waals surface area contributed by atoms with Gasteiger partial charge in [0.2, 0.25) is 15.9 Å². The van der Waals surface area contributed by atoms with Gasteiger partial charge in [0.25, 0.3) is 0 Å². The number of rotatable bonds is 6. The highest BCUT2D eigenvalue weighted by molar-refractivity contribution is 7.89. The first-order valence-electron chi connectivity index (χ1n) is 12.1. The quantitative estimate of drug-likeness (QED) is 0.491. The molecule has 1 N–H and O–H groups in total. The number of amides is 1. The molecule has 2 heterocycles. The molecule has 0 radical (unpaired) electrons. The lowest BCUT2D eigenvalue weighted by Gasteiger charge is -2.30. The Hall–Kier alpha value is -3.74. The van der Waals surface area contributed by atoms with E-state index in [9.17, 15) is 13.2 Å². The molecule has 37 heavy (non-hydrogen) atoms. The van der Waals surface area contributed by atoms with Gasteiger partial charge in [0.1, 0.15) is 5.69 Å². The van der Waals surface area contributed by atoms with Crippen molar-refractivity contribution >= 4 is 33.8 Å². The van der Waals surface area contributed by atoms with Crippen molar-refractivity contribution in [2.75, 3.05) is 18.4 Å². The van der Waals surface area contributed by atoms with Crippen LogP contribution in [-0.4, -0.2) is 36.9 Å². The van der Waals surface area contributed by atoms with Gasteiger partial charge >= 0.3 is 0 Å². The number of sulfonamides is 1. The summed E-state index contributed by atoms with van der Waals surface area (Å²) in [6.45, 7) is 8.14. The zero-order valence-corrected chi connectivity index (χ0v) is 22.2. The number of carbonyl (C=O) groups is 1. The van der Waals surface area contributed by atoms with E-state index in [0.717, 1.165) is 16.7 Å². The zero-order valence-electron chi connectivity index (χ0n) is 21.4.